The van der Waals surface area contributed by atoms with Crippen LogP contribution in [0, 0.1) is 5.92 Å². The van der Waals surface area contributed by atoms with Crippen molar-refractivity contribution in [3.05, 3.63) is 40.7 Å². The molecule has 0 atom stereocenters. The second-order valence-corrected chi connectivity index (χ2v) is 8.50. The lowest BCUT2D eigenvalue weighted by atomic mass is 9.87. The molecule has 1 saturated heterocycles. The number of nitrogens with one attached hydrogen (secondary N) is 2. The number of H-pyrrole nitrogens is 1. The Kier molecular flexibility index (Phi) is 9.09. The zero-order valence-corrected chi connectivity index (χ0v) is 18.3. The molecule has 4 rings (SSSR count). The first-order valence-electron chi connectivity index (χ1n) is 11.6. The summed E-state index contributed by atoms with van der Waals surface area (Å²) in [6, 6.07) is 7.77. The zero-order valence-electron chi connectivity index (χ0n) is 18.3. The van der Waals surface area contributed by atoms with Gasteiger partial charge < -0.3 is 20.9 Å². The molecule has 7 heteroatoms. The Labute approximate surface area is 184 Å². The van der Waals surface area contributed by atoms with E-state index in [0.717, 1.165) is 17.6 Å². The fourth-order valence-corrected chi connectivity index (χ4v) is 4.52. The Morgan fingerprint density at radius 3 is 2.58 bits per heavy atom. The third kappa shape index (κ3) is 7.51. The Balaban J connectivity index is 0.000000179. The van der Waals surface area contributed by atoms with Crippen molar-refractivity contribution < 1.29 is 4.79 Å². The van der Waals surface area contributed by atoms with Gasteiger partial charge in [0.1, 0.15) is 0 Å². The number of nitrogens with two attached hydrogens (primary N) is 1. The van der Waals surface area contributed by atoms with Crippen LogP contribution in [-0.4, -0.2) is 41.9 Å². The second kappa shape index (κ2) is 12.2. The van der Waals surface area contributed by atoms with E-state index < -0.39 is 6.03 Å². The molecule has 1 aromatic heterocycles. The molecule has 168 valence electrons. The lowest BCUT2D eigenvalue weighted by Crippen LogP contribution is -2.31. The summed E-state index contributed by atoms with van der Waals surface area (Å²) >= 11 is 0. The number of fused-ring (bicyclic) bond motifs is 1. The van der Waals surface area contributed by atoms with E-state index in [-0.39, 0.29) is 5.56 Å². The van der Waals surface area contributed by atoms with Gasteiger partial charge in [0.15, 0.2) is 0 Å². The quantitative estimate of drug-likeness (QED) is 0.496. The highest BCUT2D eigenvalue weighted by molar-refractivity contribution is 6.01. The minimum absolute atomic E-state index is 0.235. The van der Waals surface area contributed by atoms with Gasteiger partial charge in [-0.1, -0.05) is 50.7 Å². The van der Waals surface area contributed by atoms with Gasteiger partial charge in [-0.05, 0) is 56.9 Å². The number of para-hydroxylation sites is 1. The number of nitrogens with zero attached hydrogens (tertiary/aromatic N) is 2. The van der Waals surface area contributed by atoms with Crippen LogP contribution < -0.4 is 16.6 Å². The number of piperidine rings is 1. The normalized spacial score (nSPS) is 17.9. The van der Waals surface area contributed by atoms with E-state index in [4.69, 9.17) is 5.73 Å². The molecular formula is C24H35N5O2. The predicted molar refractivity (Wildman–Crippen MR) is 128 cm³/mol. The predicted octanol–water partition coefficient (Wildman–Crippen LogP) is 4.49. The monoisotopic (exact) mass is 425 g/mol. The van der Waals surface area contributed by atoms with Gasteiger partial charge in [0.05, 0.1) is 17.5 Å². The van der Waals surface area contributed by atoms with E-state index in [1.54, 1.807) is 18.2 Å². The number of benzene rings is 1. The van der Waals surface area contributed by atoms with Crippen molar-refractivity contribution in [1.29, 1.82) is 0 Å². The van der Waals surface area contributed by atoms with Crippen LogP contribution in [-0.2, 0) is 0 Å². The van der Waals surface area contributed by atoms with Gasteiger partial charge in [-0.2, -0.15) is 4.99 Å². The lowest BCUT2D eigenvalue weighted by molar-refractivity contribution is 0.201. The van der Waals surface area contributed by atoms with Crippen molar-refractivity contribution >= 4 is 29.0 Å². The molecule has 1 saturated carbocycles. The largest absolute Gasteiger partial charge is 0.390 e. The first-order valence-corrected chi connectivity index (χ1v) is 11.6. The molecule has 0 spiro atoms. The van der Waals surface area contributed by atoms with Crippen LogP contribution in [0.15, 0.2) is 40.1 Å². The number of urea groups is 1. The summed E-state index contributed by atoms with van der Waals surface area (Å²) in [6.45, 7) is 4.16. The maximum atomic E-state index is 11.3. The molecule has 0 radical (unpaired) electrons. The number of amides is 2. The first kappa shape index (κ1) is 23.0. The smallest absolute Gasteiger partial charge is 0.346 e. The molecule has 31 heavy (non-hydrogen) atoms. The van der Waals surface area contributed by atoms with Crippen LogP contribution in [0.1, 0.15) is 57.8 Å². The van der Waals surface area contributed by atoms with Gasteiger partial charge in [-0.15, -0.1) is 0 Å². The highest BCUT2D eigenvalue weighted by atomic mass is 16.2. The highest BCUT2D eigenvalue weighted by Gasteiger charge is 2.16. The molecule has 1 aromatic carbocycles. The summed E-state index contributed by atoms with van der Waals surface area (Å²) in [5.41, 5.74) is 5.81. The van der Waals surface area contributed by atoms with Crippen LogP contribution in [0.2, 0.25) is 0 Å². The van der Waals surface area contributed by atoms with E-state index in [1.807, 2.05) is 6.07 Å². The maximum absolute atomic E-state index is 11.3. The summed E-state index contributed by atoms with van der Waals surface area (Å²) in [5, 5.41) is 3.34. The molecular weight excluding hydrogens is 390 g/mol. The van der Waals surface area contributed by atoms with Crippen molar-refractivity contribution in [3.8, 4) is 0 Å². The molecule has 0 unspecified atom stereocenters. The number of anilines is 1. The number of rotatable bonds is 4. The summed E-state index contributed by atoms with van der Waals surface area (Å²) in [4.78, 5) is 31.2. The fourth-order valence-electron chi connectivity index (χ4n) is 4.52. The minimum atomic E-state index is -0.593. The summed E-state index contributed by atoms with van der Waals surface area (Å²) in [7, 11) is 0. The highest BCUT2D eigenvalue weighted by Crippen LogP contribution is 2.26. The average molecular weight is 426 g/mol. The standard InChI is InChI=1S/C13H25N.C11H10N4O2/c1-3-7-13(8-4-1)9-12-14-10-5-2-6-11-14;12-6-13-11(17)14-8-3-1-2-7-4-5-9(16)15-10(7)8/h13H,1-12H2;1-6H,(H,15,16)(H3,12,13,14,17). The van der Waals surface area contributed by atoms with Crippen molar-refractivity contribution in [1.82, 2.24) is 9.88 Å². The second-order valence-electron chi connectivity index (χ2n) is 8.50. The third-order valence-electron chi connectivity index (χ3n) is 6.22. The third-order valence-corrected chi connectivity index (χ3v) is 6.22. The topological polar surface area (TPSA) is 104 Å². The van der Waals surface area contributed by atoms with E-state index in [1.165, 1.54) is 83.5 Å². The van der Waals surface area contributed by atoms with Crippen LogP contribution in [0.4, 0.5) is 10.5 Å². The van der Waals surface area contributed by atoms with Gasteiger partial charge in [-0.25, -0.2) is 4.79 Å². The molecule has 2 aromatic rings. The number of pyridine rings is 1. The van der Waals surface area contributed by atoms with Crippen molar-refractivity contribution in [2.75, 3.05) is 25.0 Å². The Morgan fingerprint density at radius 2 is 1.84 bits per heavy atom. The molecule has 2 fully saturated rings. The van der Waals surface area contributed by atoms with E-state index in [9.17, 15) is 9.59 Å². The summed E-state index contributed by atoms with van der Waals surface area (Å²) < 4.78 is 0. The van der Waals surface area contributed by atoms with Gasteiger partial charge in [0.2, 0.25) is 5.56 Å². The number of likely N-dealkylation sites (tertiary alicyclic amines) is 1. The van der Waals surface area contributed by atoms with Crippen molar-refractivity contribution in [3.63, 3.8) is 0 Å². The molecule has 2 heterocycles. The van der Waals surface area contributed by atoms with Crippen LogP contribution in [0.3, 0.4) is 0 Å². The Morgan fingerprint density at radius 1 is 1.10 bits per heavy atom. The Hall–Kier alpha value is -2.67. The molecule has 1 aliphatic heterocycles. The van der Waals surface area contributed by atoms with Crippen molar-refractivity contribution in [2.24, 2.45) is 16.6 Å². The summed E-state index contributed by atoms with van der Waals surface area (Å²) in [6.07, 6.45) is 14.3. The van der Waals surface area contributed by atoms with Crippen LogP contribution in [0.5, 0.6) is 0 Å². The van der Waals surface area contributed by atoms with Gasteiger partial charge in [-0.3, -0.25) is 4.79 Å². The fraction of sp³-hybridized carbons (Fsp3) is 0.542. The minimum Gasteiger partial charge on any atom is -0.390 e. The number of carbonyl (C=O) groups is 1. The zero-order chi connectivity index (χ0) is 21.9. The van der Waals surface area contributed by atoms with Crippen LogP contribution in [0.25, 0.3) is 10.9 Å². The molecule has 4 N–H and O–H groups in total. The lowest BCUT2D eigenvalue weighted by Gasteiger charge is -2.29. The maximum Gasteiger partial charge on any atom is 0.346 e. The summed E-state index contributed by atoms with van der Waals surface area (Å²) in [5.74, 6) is 1.07. The number of aliphatic imine (C=N–C) groups is 1. The number of aromatic amines is 1. The number of hydrogen-bond acceptors (Lipinski definition) is 3. The van der Waals surface area contributed by atoms with E-state index in [0.29, 0.717) is 11.2 Å². The SMILES string of the molecule is C1CCC(CCN2CCCCC2)CC1.N/C=N\C(=O)Nc1cccc2ccc(=O)[nH]c12. The van der Waals surface area contributed by atoms with Gasteiger partial charge in [0, 0.05) is 11.5 Å². The molecule has 2 aliphatic rings. The molecule has 0 bridgehead atoms. The van der Waals surface area contributed by atoms with Crippen molar-refractivity contribution in [2.45, 2.75) is 57.8 Å². The number of aromatic nitrogens is 1. The van der Waals surface area contributed by atoms with Gasteiger partial charge >= 0.3 is 6.03 Å². The molecule has 2 amide bonds. The van der Waals surface area contributed by atoms with Crippen LogP contribution >= 0.6 is 0 Å². The van der Waals surface area contributed by atoms with E-state index >= 15 is 0 Å². The Bertz CT molecular complexity index is 894. The van der Waals surface area contributed by atoms with E-state index in [2.05, 4.69) is 20.2 Å². The molecule has 7 nitrogen and oxygen atoms in total. The molecule has 1 aliphatic carbocycles. The first-order chi connectivity index (χ1) is 15.2. The van der Waals surface area contributed by atoms with Gasteiger partial charge in [0.25, 0.3) is 0 Å². The average Bonchev–Trinajstić information content (AvgIpc) is 2.80. The number of hydrogen-bond donors (Lipinski definition) is 3. The number of carbonyl (C=O) groups excluding carboxylic acids is 1.